The van der Waals surface area contributed by atoms with Gasteiger partial charge in [0.2, 0.25) is 0 Å². The van der Waals surface area contributed by atoms with Crippen LogP contribution in [0.3, 0.4) is 0 Å². The van der Waals surface area contributed by atoms with Crippen LogP contribution in [0.5, 0.6) is 0 Å². The predicted octanol–water partition coefficient (Wildman–Crippen LogP) is 5.79. The van der Waals surface area contributed by atoms with Crippen LogP contribution in [0.4, 0.5) is 0 Å². The molecule has 2 aromatic carbocycles. The molecule has 0 bridgehead atoms. The minimum Gasteiger partial charge on any atom is -0.381 e. The third-order valence-corrected chi connectivity index (χ3v) is 6.32. The second kappa shape index (κ2) is 7.87. The number of benzene rings is 2. The van der Waals surface area contributed by atoms with Crippen molar-refractivity contribution >= 4 is 23.4 Å². The maximum atomic E-state index is 6.57. The Balaban J connectivity index is 1.55. The van der Waals surface area contributed by atoms with Gasteiger partial charge < -0.3 is 4.74 Å². The highest BCUT2D eigenvalue weighted by Gasteiger charge is 2.16. The average Bonchev–Trinajstić information content (AvgIpc) is 3.10. The van der Waals surface area contributed by atoms with E-state index in [2.05, 4.69) is 41.5 Å². The minimum atomic E-state index is 0.604. The fourth-order valence-corrected chi connectivity index (χ4v) is 4.57. The van der Waals surface area contributed by atoms with Gasteiger partial charge in [0.25, 0.3) is 0 Å². The largest absolute Gasteiger partial charge is 0.381 e. The van der Waals surface area contributed by atoms with Gasteiger partial charge in [0.05, 0.1) is 10.7 Å². The molecule has 1 aliphatic heterocycles. The van der Waals surface area contributed by atoms with Crippen LogP contribution < -0.4 is 0 Å². The molecule has 0 unspecified atom stereocenters. The Morgan fingerprint density at radius 2 is 1.96 bits per heavy atom. The number of rotatable bonds is 4. The summed E-state index contributed by atoms with van der Waals surface area (Å²) in [6.45, 7) is 1.73. The lowest BCUT2D eigenvalue weighted by atomic mass is 9.92. The third kappa shape index (κ3) is 3.83. The highest BCUT2D eigenvalue weighted by Crippen LogP contribution is 2.37. The van der Waals surface area contributed by atoms with E-state index in [1.54, 1.807) is 18.0 Å². The van der Waals surface area contributed by atoms with E-state index in [9.17, 15) is 0 Å². The molecule has 1 aliphatic rings. The number of ether oxygens (including phenoxy) is 1. The van der Waals surface area contributed by atoms with Crippen molar-refractivity contribution in [2.75, 3.05) is 13.2 Å². The number of nitrogens with zero attached hydrogens (tertiary/aromatic N) is 2. The molecule has 3 nitrogen and oxygen atoms in total. The zero-order valence-corrected chi connectivity index (χ0v) is 16.3. The van der Waals surface area contributed by atoms with Crippen LogP contribution in [0.25, 0.3) is 11.3 Å². The number of aromatic nitrogens is 2. The first kappa shape index (κ1) is 17.7. The van der Waals surface area contributed by atoms with Crippen LogP contribution in [0.1, 0.15) is 24.3 Å². The molecule has 134 valence electrons. The Bertz CT molecular complexity index is 903. The standard InChI is InChI=1S/C21H21ClN2OS/c1-24-20(7-10-23-24)17-5-6-21(19(22)14-17)26-18-4-2-3-16(13-18)15-8-11-25-12-9-15/h2-7,10,13-15H,8-9,11-12H2,1H3. The van der Waals surface area contributed by atoms with E-state index in [1.165, 1.54) is 10.5 Å². The molecule has 0 amide bonds. The highest BCUT2D eigenvalue weighted by molar-refractivity contribution is 7.99. The maximum Gasteiger partial charge on any atom is 0.0679 e. The molecule has 1 aromatic heterocycles. The summed E-state index contributed by atoms with van der Waals surface area (Å²) in [6, 6.07) is 17.0. The summed E-state index contributed by atoms with van der Waals surface area (Å²) in [5, 5.41) is 5.00. The van der Waals surface area contributed by atoms with E-state index in [0.29, 0.717) is 5.92 Å². The smallest absolute Gasteiger partial charge is 0.0679 e. The van der Waals surface area contributed by atoms with E-state index in [0.717, 1.165) is 47.2 Å². The van der Waals surface area contributed by atoms with Crippen LogP contribution in [0, 0.1) is 0 Å². The number of halogens is 1. The van der Waals surface area contributed by atoms with Crippen LogP contribution in [-0.4, -0.2) is 23.0 Å². The highest BCUT2D eigenvalue weighted by atomic mass is 35.5. The van der Waals surface area contributed by atoms with Crippen molar-refractivity contribution in [2.45, 2.75) is 28.6 Å². The molecular weight excluding hydrogens is 364 g/mol. The van der Waals surface area contributed by atoms with Crippen molar-refractivity contribution in [1.82, 2.24) is 9.78 Å². The molecule has 4 rings (SSSR count). The molecule has 0 atom stereocenters. The Labute approximate surface area is 163 Å². The van der Waals surface area contributed by atoms with Crippen LogP contribution in [0.15, 0.2) is 64.5 Å². The van der Waals surface area contributed by atoms with Gasteiger partial charge in [-0.15, -0.1) is 0 Å². The molecule has 1 fully saturated rings. The summed E-state index contributed by atoms with van der Waals surface area (Å²) in [5.74, 6) is 0.604. The number of hydrogen-bond acceptors (Lipinski definition) is 3. The van der Waals surface area contributed by atoms with Gasteiger partial charge in [-0.05, 0) is 54.7 Å². The first-order chi connectivity index (χ1) is 12.7. The van der Waals surface area contributed by atoms with Gasteiger partial charge in [-0.2, -0.15) is 5.10 Å². The molecule has 1 saturated heterocycles. The topological polar surface area (TPSA) is 27.1 Å². The van der Waals surface area contributed by atoms with Gasteiger partial charge in [0.1, 0.15) is 0 Å². The molecule has 5 heteroatoms. The van der Waals surface area contributed by atoms with Crippen LogP contribution in [-0.2, 0) is 11.8 Å². The van der Waals surface area contributed by atoms with Crippen molar-refractivity contribution in [2.24, 2.45) is 7.05 Å². The van der Waals surface area contributed by atoms with Crippen molar-refractivity contribution in [1.29, 1.82) is 0 Å². The van der Waals surface area contributed by atoms with Crippen molar-refractivity contribution in [3.05, 3.63) is 65.3 Å². The molecule has 3 aromatic rings. The molecule has 26 heavy (non-hydrogen) atoms. The third-order valence-electron chi connectivity index (χ3n) is 4.83. The Morgan fingerprint density at radius 3 is 2.69 bits per heavy atom. The summed E-state index contributed by atoms with van der Waals surface area (Å²) in [4.78, 5) is 2.30. The number of hydrogen-bond donors (Lipinski definition) is 0. The second-order valence-corrected chi connectivity index (χ2v) is 8.07. The molecule has 0 saturated carbocycles. The molecule has 0 aliphatic carbocycles. The van der Waals surface area contributed by atoms with E-state index < -0.39 is 0 Å². The summed E-state index contributed by atoms with van der Waals surface area (Å²) in [6.07, 6.45) is 4.01. The van der Waals surface area contributed by atoms with Gasteiger partial charge >= 0.3 is 0 Å². The van der Waals surface area contributed by atoms with Crippen LogP contribution in [0.2, 0.25) is 5.02 Å². The van der Waals surface area contributed by atoms with Crippen molar-refractivity contribution < 1.29 is 4.74 Å². The summed E-state index contributed by atoms with van der Waals surface area (Å²) in [7, 11) is 1.94. The predicted molar refractivity (Wildman–Crippen MR) is 107 cm³/mol. The Kier molecular flexibility index (Phi) is 5.34. The zero-order chi connectivity index (χ0) is 17.9. The second-order valence-electron chi connectivity index (χ2n) is 6.55. The first-order valence-electron chi connectivity index (χ1n) is 8.84. The van der Waals surface area contributed by atoms with Gasteiger partial charge in [-0.1, -0.05) is 41.6 Å². The van der Waals surface area contributed by atoms with E-state index in [4.69, 9.17) is 16.3 Å². The molecule has 2 heterocycles. The minimum absolute atomic E-state index is 0.604. The maximum absolute atomic E-state index is 6.57. The lowest BCUT2D eigenvalue weighted by molar-refractivity contribution is 0.0853. The normalized spacial score (nSPS) is 15.3. The summed E-state index contributed by atoms with van der Waals surface area (Å²) >= 11 is 8.29. The molecule has 0 radical (unpaired) electrons. The lowest BCUT2D eigenvalue weighted by Crippen LogP contribution is -2.13. The Morgan fingerprint density at radius 1 is 1.12 bits per heavy atom. The average molecular weight is 385 g/mol. The Hall–Kier alpha value is -1.75. The number of aryl methyl sites for hydroxylation is 1. The van der Waals surface area contributed by atoms with E-state index in [-0.39, 0.29) is 0 Å². The monoisotopic (exact) mass is 384 g/mol. The molecular formula is C21H21ClN2OS. The summed E-state index contributed by atoms with van der Waals surface area (Å²) in [5.41, 5.74) is 3.54. The zero-order valence-electron chi connectivity index (χ0n) is 14.7. The van der Waals surface area contributed by atoms with Crippen LogP contribution >= 0.6 is 23.4 Å². The quantitative estimate of drug-likeness (QED) is 0.570. The fourth-order valence-electron chi connectivity index (χ4n) is 3.39. The molecule has 0 spiro atoms. The van der Waals surface area contributed by atoms with Gasteiger partial charge in [0.15, 0.2) is 0 Å². The van der Waals surface area contributed by atoms with E-state index >= 15 is 0 Å². The van der Waals surface area contributed by atoms with Gasteiger partial charge in [0, 0.05) is 41.8 Å². The summed E-state index contributed by atoms with van der Waals surface area (Å²) < 4.78 is 7.34. The lowest BCUT2D eigenvalue weighted by Gasteiger charge is -2.22. The van der Waals surface area contributed by atoms with Crippen molar-refractivity contribution in [3.63, 3.8) is 0 Å². The van der Waals surface area contributed by atoms with Crippen molar-refractivity contribution in [3.8, 4) is 11.3 Å². The fraction of sp³-hybridized carbons (Fsp3) is 0.286. The van der Waals surface area contributed by atoms with Gasteiger partial charge in [-0.25, -0.2) is 0 Å². The van der Waals surface area contributed by atoms with E-state index in [1.807, 2.05) is 23.9 Å². The van der Waals surface area contributed by atoms with Gasteiger partial charge in [-0.3, -0.25) is 4.68 Å². The first-order valence-corrected chi connectivity index (χ1v) is 10.0. The molecule has 0 N–H and O–H groups in total. The SMILES string of the molecule is Cn1nccc1-c1ccc(Sc2cccc(C3CCOCC3)c2)c(Cl)c1.